The van der Waals surface area contributed by atoms with E-state index in [1.54, 1.807) is 13.1 Å². The van der Waals surface area contributed by atoms with Crippen LogP contribution in [-0.2, 0) is 33.4 Å². The van der Waals surface area contributed by atoms with Crippen LogP contribution in [0.15, 0.2) is 25.3 Å². The molecule has 0 bridgehead atoms. The highest BCUT2D eigenvalue weighted by Crippen LogP contribution is 2.09. The number of ether oxygens (including phenoxy) is 3. The van der Waals surface area contributed by atoms with E-state index >= 15 is 0 Å². The molecule has 16 heteroatoms. The Morgan fingerprint density at radius 1 is 0.632 bits per heavy atom. The van der Waals surface area contributed by atoms with Crippen LogP contribution in [0.4, 0.5) is 0 Å². The Morgan fingerprint density at radius 2 is 1.04 bits per heavy atom. The Balaban J connectivity index is -0.000000142. The molecule has 0 saturated carbocycles. The van der Waals surface area contributed by atoms with Gasteiger partial charge in [0.05, 0.1) is 34.0 Å². The number of aliphatic hydroxyl groups excluding tert-OH is 6. The number of hydrogen-bond acceptors (Lipinski definition) is 14. The maximum atomic E-state index is 10.8. The normalized spacial score (nSPS) is 9.95. The maximum Gasteiger partial charge on any atom is 0.305 e. The fourth-order valence-electron chi connectivity index (χ4n) is 3.73. The standard InChI is InChI=1S/C12H24O3.C7H15N3O2.C7H14O3.C7H16O3.C5H10O.C3H6O/c1-15-12(14)10-8-6-4-2-3-5-7-9-11-13;1-9-6(11)4-2-3-5-7(12)10-8;1-10-7(9)5-3-2-4-6-8;1-2-3-4-10-6-7(9)5-8;1-2-3-4-5-6;1-2-3-4/h13H,2-11H2,1H3;2-5,8H2,1H3,(H,9,11)(H,10,12);8H,2-6H2,1H3;7-9H,2-6H2,1H3;2,6H,1,3-5H2;2,4H,1,3H2. The van der Waals surface area contributed by atoms with Crippen LogP contribution in [0.2, 0.25) is 0 Å². The van der Waals surface area contributed by atoms with Gasteiger partial charge in [0.2, 0.25) is 11.8 Å². The van der Waals surface area contributed by atoms with Crippen LogP contribution in [0.1, 0.15) is 142 Å². The molecule has 2 amide bonds. The van der Waals surface area contributed by atoms with Gasteiger partial charge in [-0.05, 0) is 57.8 Å². The number of unbranched alkanes of at least 4 members (excludes halogenated alkanes) is 12. The van der Waals surface area contributed by atoms with Gasteiger partial charge in [0, 0.05) is 59.2 Å². The molecule has 0 aliphatic heterocycles. The third-order valence-electron chi connectivity index (χ3n) is 7.14. The molecule has 0 aromatic rings. The van der Waals surface area contributed by atoms with Crippen molar-refractivity contribution in [2.24, 2.45) is 5.84 Å². The number of hydrogen-bond donors (Lipinski definition) is 9. The molecule has 0 rings (SSSR count). The van der Waals surface area contributed by atoms with Gasteiger partial charge < -0.3 is 50.2 Å². The number of amides is 2. The van der Waals surface area contributed by atoms with Crippen molar-refractivity contribution in [1.29, 1.82) is 0 Å². The lowest BCUT2D eigenvalue weighted by Crippen LogP contribution is -2.29. The number of nitrogens with two attached hydrogens (primary N) is 1. The van der Waals surface area contributed by atoms with Gasteiger partial charge in [-0.25, -0.2) is 5.84 Å². The fraction of sp³-hybridized carbons (Fsp3) is 0.805. The van der Waals surface area contributed by atoms with Crippen LogP contribution in [0.5, 0.6) is 0 Å². The van der Waals surface area contributed by atoms with Crippen LogP contribution in [0, 0.1) is 0 Å². The molecule has 57 heavy (non-hydrogen) atoms. The first kappa shape index (κ1) is 65.9. The highest BCUT2D eigenvalue weighted by Gasteiger charge is 2.02. The van der Waals surface area contributed by atoms with Gasteiger partial charge in [0.25, 0.3) is 0 Å². The monoisotopic (exact) mass is 828 g/mol. The van der Waals surface area contributed by atoms with E-state index in [4.69, 9.17) is 41.2 Å². The summed E-state index contributed by atoms with van der Waals surface area (Å²) in [5.41, 5.74) is 2.03. The number of allylic oxidation sites excluding steroid dienone is 1. The van der Waals surface area contributed by atoms with Gasteiger partial charge >= 0.3 is 11.9 Å². The van der Waals surface area contributed by atoms with Gasteiger partial charge in [-0.15, -0.1) is 13.2 Å². The number of rotatable bonds is 30. The van der Waals surface area contributed by atoms with E-state index in [1.165, 1.54) is 46.0 Å². The van der Waals surface area contributed by atoms with Crippen LogP contribution in [0.25, 0.3) is 0 Å². The summed E-state index contributed by atoms with van der Waals surface area (Å²) < 4.78 is 14.0. The average Bonchev–Trinajstić information content (AvgIpc) is 3.24. The third kappa shape index (κ3) is 82.0. The lowest BCUT2D eigenvalue weighted by Gasteiger charge is -2.06. The Morgan fingerprint density at radius 3 is 1.37 bits per heavy atom. The van der Waals surface area contributed by atoms with Crippen LogP contribution in [-0.4, -0.2) is 128 Å². The van der Waals surface area contributed by atoms with Crippen molar-refractivity contribution in [3.63, 3.8) is 0 Å². The fourth-order valence-corrected chi connectivity index (χ4v) is 3.73. The number of esters is 2. The van der Waals surface area contributed by atoms with E-state index in [1.807, 2.05) is 5.43 Å². The molecule has 0 saturated heterocycles. The van der Waals surface area contributed by atoms with Gasteiger partial charge in [-0.1, -0.05) is 70.4 Å². The van der Waals surface area contributed by atoms with Crippen molar-refractivity contribution in [1.82, 2.24) is 10.7 Å². The molecule has 0 fully saturated rings. The second-order valence-corrected chi connectivity index (χ2v) is 12.3. The minimum atomic E-state index is -0.711. The van der Waals surface area contributed by atoms with Crippen molar-refractivity contribution in [2.45, 2.75) is 148 Å². The SMILES string of the molecule is C=CCCCO.C=CCO.CCCCOCC(O)CO.CNC(=O)CCCCC(=O)NN.COC(=O)CCCCCCCCCCO.COC(=O)CCCCCO. The average molecular weight is 828 g/mol. The van der Waals surface area contributed by atoms with Crippen LogP contribution >= 0.6 is 0 Å². The minimum Gasteiger partial charge on any atom is -0.469 e. The molecule has 0 aromatic carbocycles. The van der Waals surface area contributed by atoms with Crippen molar-refractivity contribution < 1.29 is 64.0 Å². The van der Waals surface area contributed by atoms with Gasteiger partial charge in [-0.3, -0.25) is 24.6 Å². The molecule has 10 N–H and O–H groups in total. The van der Waals surface area contributed by atoms with Crippen molar-refractivity contribution >= 4 is 23.8 Å². The van der Waals surface area contributed by atoms with E-state index in [-0.39, 0.29) is 56.8 Å². The van der Waals surface area contributed by atoms with Gasteiger partial charge in [0.1, 0.15) is 6.10 Å². The van der Waals surface area contributed by atoms with E-state index in [9.17, 15) is 19.2 Å². The summed E-state index contributed by atoms with van der Waals surface area (Å²) in [5, 5.41) is 52.5. The number of methoxy groups -OCH3 is 2. The number of hydrazine groups is 1. The maximum absolute atomic E-state index is 10.8. The van der Waals surface area contributed by atoms with Crippen molar-refractivity contribution in [2.75, 3.05) is 67.5 Å². The summed E-state index contributed by atoms with van der Waals surface area (Å²) in [7, 11) is 4.41. The lowest BCUT2D eigenvalue weighted by molar-refractivity contribution is -0.141. The molecule has 0 aromatic heterocycles. The molecule has 1 atom stereocenters. The minimum absolute atomic E-state index is 0.00292. The van der Waals surface area contributed by atoms with Crippen molar-refractivity contribution in [3.05, 3.63) is 25.3 Å². The third-order valence-corrected chi connectivity index (χ3v) is 7.14. The zero-order chi connectivity index (χ0) is 44.6. The van der Waals surface area contributed by atoms with E-state index < -0.39 is 6.10 Å². The quantitative estimate of drug-likeness (QED) is 0.0124. The zero-order valence-electron chi connectivity index (χ0n) is 36.1. The second-order valence-electron chi connectivity index (χ2n) is 12.3. The smallest absolute Gasteiger partial charge is 0.305 e. The highest BCUT2D eigenvalue weighted by atomic mass is 16.5. The van der Waals surface area contributed by atoms with E-state index in [0.29, 0.717) is 51.7 Å². The number of carbonyl (C=O) groups is 4. The highest BCUT2D eigenvalue weighted by molar-refractivity contribution is 5.76. The molecule has 0 spiro atoms. The second kappa shape index (κ2) is 64.9. The summed E-state index contributed by atoms with van der Waals surface area (Å²) >= 11 is 0. The summed E-state index contributed by atoms with van der Waals surface area (Å²) in [6.07, 6.45) is 21.2. The molecule has 1 unspecified atom stereocenters. The first-order valence-corrected chi connectivity index (χ1v) is 20.3. The molecular formula is C41H85N3O13. The number of carbonyl (C=O) groups excluding carboxylic acids is 4. The molecule has 0 aliphatic rings. The van der Waals surface area contributed by atoms with Gasteiger partial charge in [0.15, 0.2) is 0 Å². The summed E-state index contributed by atoms with van der Waals surface area (Å²) in [6, 6.07) is 0. The molecule has 0 heterocycles. The largest absolute Gasteiger partial charge is 0.469 e. The zero-order valence-corrected chi connectivity index (χ0v) is 36.1. The molecular weight excluding hydrogens is 742 g/mol. The topological polar surface area (TPSA) is 267 Å². The van der Waals surface area contributed by atoms with E-state index in [2.05, 4.69) is 34.9 Å². The lowest BCUT2D eigenvalue weighted by atomic mass is 10.1. The van der Waals surface area contributed by atoms with Crippen LogP contribution < -0.4 is 16.6 Å². The molecule has 0 aliphatic carbocycles. The number of nitrogens with one attached hydrogen (secondary N) is 2. The summed E-state index contributed by atoms with van der Waals surface area (Å²) in [5.74, 6) is 4.41. The Hall–Kier alpha value is -2.96. The van der Waals surface area contributed by atoms with Gasteiger partial charge in [-0.2, -0.15) is 0 Å². The van der Waals surface area contributed by atoms with Crippen LogP contribution in [0.3, 0.4) is 0 Å². The van der Waals surface area contributed by atoms with E-state index in [0.717, 1.165) is 70.6 Å². The number of aliphatic hydroxyl groups is 6. The molecule has 342 valence electrons. The molecule has 0 radical (unpaired) electrons. The summed E-state index contributed by atoms with van der Waals surface area (Å²) in [4.78, 5) is 42.5. The first-order chi connectivity index (χ1) is 27.5. The van der Waals surface area contributed by atoms with Crippen molar-refractivity contribution in [3.8, 4) is 0 Å². The first-order valence-electron chi connectivity index (χ1n) is 20.3. The predicted molar refractivity (Wildman–Crippen MR) is 226 cm³/mol. The Labute approximate surface area is 344 Å². The Bertz CT molecular complexity index is 820. The Kier molecular flexibility index (Phi) is 75.0. The molecule has 16 nitrogen and oxygen atoms in total. The summed E-state index contributed by atoms with van der Waals surface area (Å²) in [6.45, 7) is 10.4. The predicted octanol–water partition coefficient (Wildman–Crippen LogP) is 3.92.